The van der Waals surface area contributed by atoms with Crippen LogP contribution in [0.5, 0.6) is 11.5 Å². The van der Waals surface area contributed by atoms with Crippen molar-refractivity contribution in [3.05, 3.63) is 120 Å². The highest BCUT2D eigenvalue weighted by Gasteiger charge is 2.26. The van der Waals surface area contributed by atoms with Crippen LogP contribution in [0.4, 0.5) is 22.7 Å². The van der Waals surface area contributed by atoms with Crippen LogP contribution in [0.25, 0.3) is 21.8 Å². The lowest BCUT2D eigenvalue weighted by atomic mass is 10.1. The SMILES string of the molecule is Cc1ccc2c(N3CCN(CCc4ccc5c(c4)N=CCO5)[C@H](C)C3)cccc2n1.Cc1ccc2c(N3CCN(CCc4ccc5c(c4)NC(=O)CO5)[C@@H](C)C3)cccc2n1. The molecule has 11 heteroatoms. The van der Waals surface area contributed by atoms with E-state index in [1.54, 1.807) is 0 Å². The van der Waals surface area contributed by atoms with E-state index in [0.29, 0.717) is 18.7 Å². The number of rotatable bonds is 8. The van der Waals surface area contributed by atoms with Crippen molar-refractivity contribution >= 4 is 56.7 Å². The lowest BCUT2D eigenvalue weighted by Crippen LogP contribution is -2.52. The molecule has 61 heavy (non-hydrogen) atoms. The Bertz CT molecular complexity index is 2580. The molecule has 0 spiro atoms. The van der Waals surface area contributed by atoms with Gasteiger partial charge in [-0.05, 0) is 124 Å². The summed E-state index contributed by atoms with van der Waals surface area (Å²) in [6.45, 7) is 17.7. The standard InChI is InChI=1S/C25H28N4O2.C25H28N4O/c1-17-6-8-20-21(26-17)4-3-5-23(20)29-13-12-28(18(2)15-29)11-10-19-7-9-24-22(14-19)27-25(30)16-31-24;1-18-6-8-21-22(27-18)4-3-5-24(21)29-14-13-28(19(2)17-29)12-10-20-7-9-25-23(16-20)26-11-15-30-25/h3-9,14,18H,10-13,15-16H2,1-2H3,(H,27,30);3-9,11,16,19H,10,12-15,17H2,1-2H3/t18-;19-/m01/s1. The number of aliphatic imine (C=N–C) groups is 1. The van der Waals surface area contributed by atoms with E-state index in [0.717, 1.165) is 110 Å². The highest BCUT2D eigenvalue weighted by Crippen LogP contribution is 2.33. The Labute approximate surface area is 359 Å². The second-order valence-electron chi connectivity index (χ2n) is 16.8. The van der Waals surface area contributed by atoms with E-state index in [1.807, 2.05) is 25.3 Å². The monoisotopic (exact) mass is 816 g/mol. The van der Waals surface area contributed by atoms with Crippen molar-refractivity contribution in [1.82, 2.24) is 19.8 Å². The molecule has 0 bridgehead atoms. The van der Waals surface area contributed by atoms with E-state index in [-0.39, 0.29) is 12.5 Å². The lowest BCUT2D eigenvalue weighted by Gasteiger charge is -2.41. The number of aryl methyl sites for hydroxylation is 2. The summed E-state index contributed by atoms with van der Waals surface area (Å²) in [4.78, 5) is 35.6. The first-order valence-corrected chi connectivity index (χ1v) is 21.8. The van der Waals surface area contributed by atoms with Gasteiger partial charge in [0, 0.05) is 104 Å². The Kier molecular flexibility index (Phi) is 11.8. The van der Waals surface area contributed by atoms with Gasteiger partial charge in [-0.2, -0.15) is 0 Å². The van der Waals surface area contributed by atoms with Crippen LogP contribution in [0.1, 0.15) is 36.4 Å². The molecule has 2 atom stereocenters. The molecule has 0 aliphatic carbocycles. The van der Waals surface area contributed by atoms with Crippen LogP contribution in [-0.2, 0) is 17.6 Å². The minimum Gasteiger partial charge on any atom is -0.486 e. The number of ether oxygens (including phenoxy) is 2. The molecule has 1 amide bonds. The van der Waals surface area contributed by atoms with E-state index in [4.69, 9.17) is 19.4 Å². The molecule has 4 aliphatic heterocycles. The minimum absolute atomic E-state index is 0.0896. The van der Waals surface area contributed by atoms with Gasteiger partial charge in [0.15, 0.2) is 6.61 Å². The molecule has 6 aromatic rings. The maximum atomic E-state index is 11.6. The number of nitrogens with one attached hydrogen (secondary N) is 1. The molecular weight excluding hydrogens is 761 g/mol. The molecule has 4 aliphatic rings. The Morgan fingerprint density at radius 2 is 1.23 bits per heavy atom. The number of aromatic nitrogens is 2. The van der Waals surface area contributed by atoms with E-state index >= 15 is 0 Å². The van der Waals surface area contributed by atoms with Crippen molar-refractivity contribution in [3.8, 4) is 11.5 Å². The van der Waals surface area contributed by atoms with Crippen molar-refractivity contribution < 1.29 is 14.3 Å². The summed E-state index contributed by atoms with van der Waals surface area (Å²) in [6, 6.07) is 35.0. The summed E-state index contributed by atoms with van der Waals surface area (Å²) in [7, 11) is 0. The largest absolute Gasteiger partial charge is 0.486 e. The Morgan fingerprint density at radius 1 is 0.656 bits per heavy atom. The molecule has 11 nitrogen and oxygen atoms in total. The quantitative estimate of drug-likeness (QED) is 0.164. The summed E-state index contributed by atoms with van der Waals surface area (Å²) < 4.78 is 11.1. The molecule has 4 aromatic carbocycles. The van der Waals surface area contributed by atoms with Gasteiger partial charge in [0.2, 0.25) is 0 Å². The number of piperazine rings is 2. The van der Waals surface area contributed by atoms with Crippen molar-refractivity contribution in [2.45, 2.75) is 52.6 Å². The van der Waals surface area contributed by atoms with Crippen molar-refractivity contribution in [2.24, 2.45) is 4.99 Å². The topological polar surface area (TPSA) is 98.7 Å². The zero-order chi connectivity index (χ0) is 41.9. The van der Waals surface area contributed by atoms with E-state index in [2.05, 4.69) is 136 Å². The number of amides is 1. The van der Waals surface area contributed by atoms with E-state index in [9.17, 15) is 4.79 Å². The molecule has 6 heterocycles. The zero-order valence-corrected chi connectivity index (χ0v) is 35.8. The first-order chi connectivity index (χ1) is 29.7. The normalized spacial score (nSPS) is 19.0. The van der Waals surface area contributed by atoms with Gasteiger partial charge < -0.3 is 24.6 Å². The summed E-state index contributed by atoms with van der Waals surface area (Å²) in [5, 5.41) is 5.38. The second-order valence-corrected chi connectivity index (χ2v) is 16.8. The van der Waals surface area contributed by atoms with Crippen molar-refractivity contribution in [3.63, 3.8) is 0 Å². The predicted octanol–water partition coefficient (Wildman–Crippen LogP) is 8.02. The third-order valence-corrected chi connectivity index (χ3v) is 12.5. The molecule has 0 radical (unpaired) electrons. The fraction of sp³-hybridized carbons (Fsp3) is 0.360. The number of nitrogens with zero attached hydrogens (tertiary/aromatic N) is 7. The van der Waals surface area contributed by atoms with Crippen LogP contribution in [0, 0.1) is 13.8 Å². The minimum atomic E-state index is -0.0896. The van der Waals surface area contributed by atoms with Gasteiger partial charge in [-0.15, -0.1) is 0 Å². The lowest BCUT2D eigenvalue weighted by molar-refractivity contribution is -0.118. The van der Waals surface area contributed by atoms with Gasteiger partial charge in [-0.3, -0.25) is 29.6 Å². The van der Waals surface area contributed by atoms with Crippen LogP contribution in [0.15, 0.2) is 102 Å². The Balaban J connectivity index is 0.000000156. The second kappa shape index (κ2) is 17.9. The summed E-state index contributed by atoms with van der Waals surface area (Å²) in [6.07, 6.45) is 3.81. The maximum Gasteiger partial charge on any atom is 0.262 e. The Morgan fingerprint density at radius 3 is 1.82 bits per heavy atom. The molecule has 2 aromatic heterocycles. The number of anilines is 3. The van der Waals surface area contributed by atoms with E-state index < -0.39 is 0 Å². The number of hydrogen-bond acceptors (Lipinski definition) is 10. The Hall–Kier alpha value is -6.04. The first-order valence-electron chi connectivity index (χ1n) is 21.8. The van der Waals surface area contributed by atoms with Crippen LogP contribution >= 0.6 is 0 Å². The predicted molar refractivity (Wildman–Crippen MR) is 248 cm³/mol. The third-order valence-electron chi connectivity index (χ3n) is 12.5. The molecule has 1 N–H and O–H groups in total. The maximum absolute atomic E-state index is 11.6. The third kappa shape index (κ3) is 9.18. The smallest absolute Gasteiger partial charge is 0.262 e. The van der Waals surface area contributed by atoms with Crippen LogP contribution < -0.4 is 24.6 Å². The summed E-state index contributed by atoms with van der Waals surface area (Å²) in [5.74, 6) is 1.56. The highest BCUT2D eigenvalue weighted by atomic mass is 16.5. The molecule has 314 valence electrons. The van der Waals surface area contributed by atoms with Gasteiger partial charge in [0.1, 0.15) is 23.8 Å². The number of pyridine rings is 2. The number of hydrogen-bond donors (Lipinski definition) is 1. The number of carbonyl (C=O) groups is 1. The average Bonchev–Trinajstić information content (AvgIpc) is 3.27. The fourth-order valence-corrected chi connectivity index (χ4v) is 9.16. The van der Waals surface area contributed by atoms with Crippen LogP contribution in [0.3, 0.4) is 0 Å². The van der Waals surface area contributed by atoms with Crippen molar-refractivity contribution in [2.75, 3.05) is 80.7 Å². The van der Waals surface area contributed by atoms with Crippen LogP contribution in [-0.4, -0.2) is 110 Å². The van der Waals surface area contributed by atoms with Gasteiger partial charge in [0.05, 0.1) is 16.7 Å². The summed E-state index contributed by atoms with van der Waals surface area (Å²) >= 11 is 0. The summed E-state index contributed by atoms with van der Waals surface area (Å²) in [5.41, 5.74) is 11.1. The van der Waals surface area contributed by atoms with Crippen molar-refractivity contribution in [1.29, 1.82) is 0 Å². The number of benzene rings is 4. The average molecular weight is 817 g/mol. The van der Waals surface area contributed by atoms with Crippen LogP contribution in [0.2, 0.25) is 0 Å². The molecule has 10 rings (SSSR count). The molecular formula is C50H56N8O3. The van der Waals surface area contributed by atoms with Gasteiger partial charge in [-0.1, -0.05) is 24.3 Å². The fourth-order valence-electron chi connectivity index (χ4n) is 9.16. The highest BCUT2D eigenvalue weighted by molar-refractivity contribution is 5.95. The number of carbonyl (C=O) groups excluding carboxylic acids is 1. The zero-order valence-electron chi connectivity index (χ0n) is 35.8. The van der Waals surface area contributed by atoms with Gasteiger partial charge in [0.25, 0.3) is 5.91 Å². The molecule has 0 unspecified atom stereocenters. The van der Waals surface area contributed by atoms with Gasteiger partial charge in [-0.25, -0.2) is 0 Å². The molecule has 2 fully saturated rings. The molecule has 0 saturated carbocycles. The number of fused-ring (bicyclic) bond motifs is 4. The molecule has 2 saturated heterocycles. The first kappa shape index (κ1) is 40.4. The van der Waals surface area contributed by atoms with Gasteiger partial charge >= 0.3 is 0 Å². The van der Waals surface area contributed by atoms with E-state index in [1.165, 1.54) is 33.3 Å².